The number of hydrogen-bond acceptors (Lipinski definition) is 1. The van der Waals surface area contributed by atoms with Crippen molar-refractivity contribution in [3.8, 4) is 0 Å². The van der Waals surface area contributed by atoms with Crippen molar-refractivity contribution in [3.63, 3.8) is 0 Å². The van der Waals surface area contributed by atoms with Gasteiger partial charge in [-0.15, -0.1) is 11.6 Å². The summed E-state index contributed by atoms with van der Waals surface area (Å²) in [6.45, 7) is 2.86. The Morgan fingerprint density at radius 3 is 2.80 bits per heavy atom. The van der Waals surface area contributed by atoms with Crippen LogP contribution in [0.1, 0.15) is 18.9 Å². The lowest BCUT2D eigenvalue weighted by Gasteiger charge is -2.09. The number of nitrogens with one attached hydrogen (secondary N) is 1. The normalized spacial score (nSPS) is 12.8. The molecule has 84 valence electrons. The first-order chi connectivity index (χ1) is 7.13. The first kappa shape index (κ1) is 12.4. The van der Waals surface area contributed by atoms with Gasteiger partial charge in [-0.3, -0.25) is 0 Å². The first-order valence-corrected chi connectivity index (χ1v) is 5.35. The maximum atomic E-state index is 13.1. The van der Waals surface area contributed by atoms with Crippen LogP contribution >= 0.6 is 11.6 Å². The van der Waals surface area contributed by atoms with Crippen molar-refractivity contribution in [2.24, 2.45) is 0 Å². The summed E-state index contributed by atoms with van der Waals surface area (Å²) in [4.78, 5) is 0. The molecule has 0 aromatic heterocycles. The van der Waals surface area contributed by atoms with Crippen LogP contribution in [0.2, 0.25) is 0 Å². The second-order valence-electron chi connectivity index (χ2n) is 3.37. The van der Waals surface area contributed by atoms with Gasteiger partial charge in [0.1, 0.15) is 11.6 Å². The first-order valence-electron chi connectivity index (χ1n) is 4.92. The van der Waals surface area contributed by atoms with Gasteiger partial charge in [0.05, 0.1) is 0 Å². The van der Waals surface area contributed by atoms with E-state index >= 15 is 0 Å². The minimum absolute atomic E-state index is 0.0293. The molecule has 1 aromatic rings. The van der Waals surface area contributed by atoms with E-state index in [1.54, 1.807) is 0 Å². The molecule has 0 heterocycles. The van der Waals surface area contributed by atoms with Gasteiger partial charge in [-0.1, -0.05) is 6.92 Å². The van der Waals surface area contributed by atoms with Gasteiger partial charge in [0.25, 0.3) is 0 Å². The largest absolute Gasteiger partial charge is 0.311 e. The minimum Gasteiger partial charge on any atom is -0.311 e. The van der Waals surface area contributed by atoms with Gasteiger partial charge in [0, 0.05) is 24.0 Å². The van der Waals surface area contributed by atoms with Crippen LogP contribution in [0.25, 0.3) is 0 Å². The summed E-state index contributed by atoms with van der Waals surface area (Å²) < 4.78 is 25.9. The van der Waals surface area contributed by atoms with Gasteiger partial charge in [-0.2, -0.15) is 0 Å². The fourth-order valence-corrected chi connectivity index (χ4v) is 1.30. The molecule has 1 atom stereocenters. The Hall–Kier alpha value is -0.670. The zero-order valence-electron chi connectivity index (χ0n) is 8.56. The molecule has 0 spiro atoms. The number of benzene rings is 1. The Bertz CT molecular complexity index is 317. The molecule has 0 aliphatic carbocycles. The smallest absolute Gasteiger partial charge is 0.127 e. The van der Waals surface area contributed by atoms with Crippen molar-refractivity contribution in [1.29, 1.82) is 0 Å². The molecule has 0 fully saturated rings. The SMILES string of the molecule is CCC(Cl)CNCc1cc(F)ccc1F. The van der Waals surface area contributed by atoms with Crippen molar-refractivity contribution < 1.29 is 8.78 Å². The molecule has 0 saturated carbocycles. The van der Waals surface area contributed by atoms with E-state index in [-0.39, 0.29) is 5.38 Å². The molecule has 1 aromatic carbocycles. The summed E-state index contributed by atoms with van der Waals surface area (Å²) >= 11 is 5.87. The molecular formula is C11H14ClF2N. The lowest BCUT2D eigenvalue weighted by Crippen LogP contribution is -2.22. The molecule has 0 saturated heterocycles. The fraction of sp³-hybridized carbons (Fsp3) is 0.455. The zero-order chi connectivity index (χ0) is 11.3. The number of halogens is 3. The summed E-state index contributed by atoms with van der Waals surface area (Å²) in [5.41, 5.74) is 0.329. The molecule has 0 amide bonds. The molecular weight excluding hydrogens is 220 g/mol. The average Bonchev–Trinajstić information content (AvgIpc) is 2.23. The van der Waals surface area contributed by atoms with E-state index in [1.165, 1.54) is 6.07 Å². The van der Waals surface area contributed by atoms with Crippen LogP contribution in [-0.4, -0.2) is 11.9 Å². The zero-order valence-corrected chi connectivity index (χ0v) is 9.32. The highest BCUT2D eigenvalue weighted by molar-refractivity contribution is 6.20. The summed E-state index contributed by atoms with van der Waals surface area (Å²) in [6, 6.07) is 3.43. The summed E-state index contributed by atoms with van der Waals surface area (Å²) in [5.74, 6) is -0.822. The highest BCUT2D eigenvalue weighted by Gasteiger charge is 2.05. The van der Waals surface area contributed by atoms with Crippen molar-refractivity contribution in [3.05, 3.63) is 35.4 Å². The van der Waals surface area contributed by atoms with Gasteiger partial charge < -0.3 is 5.32 Å². The molecule has 1 rings (SSSR count). The third-order valence-electron chi connectivity index (χ3n) is 2.13. The van der Waals surface area contributed by atoms with Crippen LogP contribution in [0, 0.1) is 11.6 Å². The minimum atomic E-state index is -0.425. The van der Waals surface area contributed by atoms with Crippen LogP contribution in [0.15, 0.2) is 18.2 Å². The number of rotatable bonds is 5. The fourth-order valence-electron chi connectivity index (χ4n) is 1.19. The molecule has 15 heavy (non-hydrogen) atoms. The summed E-state index contributed by atoms with van der Waals surface area (Å²) in [7, 11) is 0. The second-order valence-corrected chi connectivity index (χ2v) is 3.99. The number of hydrogen-bond donors (Lipinski definition) is 1. The lowest BCUT2D eigenvalue weighted by atomic mass is 10.2. The maximum Gasteiger partial charge on any atom is 0.127 e. The molecule has 0 radical (unpaired) electrons. The highest BCUT2D eigenvalue weighted by atomic mass is 35.5. The molecule has 1 nitrogen and oxygen atoms in total. The summed E-state index contributed by atoms with van der Waals surface area (Å²) in [6.07, 6.45) is 0.847. The molecule has 0 aliphatic heterocycles. The van der Waals surface area contributed by atoms with Crippen molar-refractivity contribution >= 4 is 11.6 Å². The van der Waals surface area contributed by atoms with Crippen LogP contribution < -0.4 is 5.32 Å². The lowest BCUT2D eigenvalue weighted by molar-refractivity contribution is 0.564. The third kappa shape index (κ3) is 4.14. The van der Waals surface area contributed by atoms with E-state index in [2.05, 4.69) is 5.32 Å². The Morgan fingerprint density at radius 2 is 2.13 bits per heavy atom. The Morgan fingerprint density at radius 1 is 1.40 bits per heavy atom. The predicted octanol–water partition coefficient (Wildman–Crippen LogP) is 3.07. The van der Waals surface area contributed by atoms with Gasteiger partial charge >= 0.3 is 0 Å². The van der Waals surface area contributed by atoms with Crippen LogP contribution in [0.4, 0.5) is 8.78 Å². The molecule has 4 heteroatoms. The Labute approximate surface area is 93.4 Å². The van der Waals surface area contributed by atoms with E-state index in [9.17, 15) is 8.78 Å². The average molecular weight is 234 g/mol. The molecule has 0 aliphatic rings. The third-order valence-corrected chi connectivity index (χ3v) is 2.59. The van der Waals surface area contributed by atoms with E-state index < -0.39 is 11.6 Å². The maximum absolute atomic E-state index is 13.1. The second kappa shape index (κ2) is 6.03. The van der Waals surface area contributed by atoms with Gasteiger partial charge in [-0.25, -0.2) is 8.78 Å². The van der Waals surface area contributed by atoms with Crippen LogP contribution in [0.5, 0.6) is 0 Å². The Kier molecular flexibility index (Phi) is 4.99. The number of alkyl halides is 1. The molecule has 0 bridgehead atoms. The molecule has 1 unspecified atom stereocenters. The van der Waals surface area contributed by atoms with E-state index in [0.29, 0.717) is 18.7 Å². The predicted molar refractivity (Wildman–Crippen MR) is 58.0 cm³/mol. The highest BCUT2D eigenvalue weighted by Crippen LogP contribution is 2.09. The van der Waals surface area contributed by atoms with Crippen LogP contribution in [-0.2, 0) is 6.54 Å². The van der Waals surface area contributed by atoms with Crippen molar-refractivity contribution in [2.45, 2.75) is 25.3 Å². The van der Waals surface area contributed by atoms with Crippen molar-refractivity contribution in [2.75, 3.05) is 6.54 Å². The van der Waals surface area contributed by atoms with E-state index in [1.807, 2.05) is 6.92 Å². The standard InChI is InChI=1S/C11H14ClF2N/c1-2-9(12)7-15-6-8-5-10(13)3-4-11(8)14/h3-5,9,15H,2,6-7H2,1H3. The van der Waals surface area contributed by atoms with Crippen LogP contribution in [0.3, 0.4) is 0 Å². The van der Waals surface area contributed by atoms with E-state index in [4.69, 9.17) is 11.6 Å². The molecule has 1 N–H and O–H groups in total. The summed E-state index contributed by atoms with van der Waals surface area (Å²) in [5, 5.41) is 3.01. The van der Waals surface area contributed by atoms with Gasteiger partial charge in [0.2, 0.25) is 0 Å². The quantitative estimate of drug-likeness (QED) is 0.771. The Balaban J connectivity index is 2.46. The van der Waals surface area contributed by atoms with Gasteiger partial charge in [-0.05, 0) is 24.6 Å². The monoisotopic (exact) mass is 233 g/mol. The van der Waals surface area contributed by atoms with Gasteiger partial charge in [0.15, 0.2) is 0 Å². The topological polar surface area (TPSA) is 12.0 Å². The van der Waals surface area contributed by atoms with Crippen molar-refractivity contribution in [1.82, 2.24) is 5.32 Å². The van der Waals surface area contributed by atoms with E-state index in [0.717, 1.165) is 18.6 Å².